The van der Waals surface area contributed by atoms with Gasteiger partial charge in [-0.05, 0) is 44.4 Å². The number of fused-ring (bicyclic) bond motifs is 1. The average molecular weight is 397 g/mol. The molecule has 0 bridgehead atoms. The van der Waals surface area contributed by atoms with Crippen molar-refractivity contribution in [3.05, 3.63) is 57.3 Å². The highest BCUT2D eigenvalue weighted by Crippen LogP contribution is 2.27. The van der Waals surface area contributed by atoms with E-state index in [1.165, 1.54) is 16.6 Å². The van der Waals surface area contributed by atoms with Crippen LogP contribution in [0.4, 0.5) is 10.3 Å². The first kappa shape index (κ1) is 19.3. The Hall–Kier alpha value is -3.03. The largest absolute Gasteiger partial charge is 0.277 e. The second kappa shape index (κ2) is 7.77. The Labute approximate surface area is 167 Å². The molecule has 1 aromatic carbocycles. The lowest BCUT2D eigenvalue weighted by atomic mass is 9.88. The summed E-state index contributed by atoms with van der Waals surface area (Å²) in [5.41, 5.74) is 1.68. The number of aromatic amines is 1. The maximum Gasteiger partial charge on any atom is 0.277 e. The Morgan fingerprint density at radius 3 is 2.55 bits per heavy atom. The lowest BCUT2D eigenvalue weighted by molar-refractivity contribution is -0.123. The summed E-state index contributed by atoms with van der Waals surface area (Å²) in [5.74, 6) is 0.0673. The van der Waals surface area contributed by atoms with Crippen molar-refractivity contribution in [3.63, 3.8) is 0 Å². The molecular weight excluding hydrogens is 373 g/mol. The predicted molar refractivity (Wildman–Crippen MR) is 107 cm³/mol. The number of hydrogen-bond donors (Lipinski definition) is 1. The van der Waals surface area contributed by atoms with Crippen molar-refractivity contribution in [2.75, 3.05) is 4.90 Å². The lowest BCUT2D eigenvalue weighted by Gasteiger charge is -2.27. The second-order valence-electron chi connectivity index (χ2n) is 7.70. The Balaban J connectivity index is 1.75. The van der Waals surface area contributed by atoms with E-state index in [1.54, 1.807) is 30.9 Å². The number of carbonyl (C=O) groups excluding carboxylic acids is 1. The average Bonchev–Trinajstić information content (AvgIpc) is 3.15. The Bertz CT molecular complexity index is 1100. The van der Waals surface area contributed by atoms with Crippen LogP contribution in [0.2, 0.25) is 0 Å². The minimum atomic E-state index is -0.329. The van der Waals surface area contributed by atoms with E-state index in [0.717, 1.165) is 37.7 Å². The summed E-state index contributed by atoms with van der Waals surface area (Å²) in [7, 11) is 0. The number of nitrogens with one attached hydrogen (secondary N) is 1. The third-order valence-corrected chi connectivity index (χ3v) is 5.68. The van der Waals surface area contributed by atoms with E-state index < -0.39 is 0 Å². The van der Waals surface area contributed by atoms with Gasteiger partial charge in [-0.25, -0.2) is 9.37 Å². The number of H-pyrrole nitrogens is 1. The van der Waals surface area contributed by atoms with Crippen molar-refractivity contribution < 1.29 is 9.18 Å². The second-order valence-corrected chi connectivity index (χ2v) is 7.70. The van der Waals surface area contributed by atoms with Gasteiger partial charge in [0.1, 0.15) is 5.82 Å². The smallest absolute Gasteiger partial charge is 0.276 e. The van der Waals surface area contributed by atoms with E-state index in [0.29, 0.717) is 11.3 Å². The Morgan fingerprint density at radius 2 is 1.86 bits per heavy atom. The zero-order valence-corrected chi connectivity index (χ0v) is 16.6. The number of halogens is 1. The third-order valence-electron chi connectivity index (χ3n) is 5.68. The van der Waals surface area contributed by atoms with Gasteiger partial charge in [0.15, 0.2) is 0 Å². The Kier molecular flexibility index (Phi) is 5.17. The van der Waals surface area contributed by atoms with Crippen LogP contribution in [-0.2, 0) is 11.3 Å². The maximum atomic E-state index is 13.3. The van der Waals surface area contributed by atoms with E-state index in [9.17, 15) is 14.0 Å². The summed E-state index contributed by atoms with van der Waals surface area (Å²) >= 11 is 0. The van der Waals surface area contributed by atoms with Gasteiger partial charge in [0, 0.05) is 17.2 Å². The van der Waals surface area contributed by atoms with Crippen molar-refractivity contribution >= 4 is 17.6 Å². The molecule has 2 heterocycles. The molecular formula is C21H24FN5O2. The molecule has 7 nitrogen and oxygen atoms in total. The SMILES string of the molecule is Cc1nc2nc(N(Cc3ccc(F)cc3)C(=O)C3CCCCC3)[nH]n2c(=O)c1C. The molecule has 3 aromatic rings. The summed E-state index contributed by atoms with van der Waals surface area (Å²) in [6.07, 6.45) is 4.88. The zero-order chi connectivity index (χ0) is 20.5. The fourth-order valence-electron chi connectivity index (χ4n) is 3.81. The van der Waals surface area contributed by atoms with Gasteiger partial charge in [0.25, 0.3) is 11.3 Å². The molecule has 2 aromatic heterocycles. The number of amides is 1. The third kappa shape index (κ3) is 3.79. The van der Waals surface area contributed by atoms with Crippen LogP contribution in [0.15, 0.2) is 29.1 Å². The highest BCUT2D eigenvalue weighted by Gasteiger charge is 2.29. The standard InChI is InChI=1S/C21H24FN5O2/c1-13-14(2)23-20-24-21(25-27(20)18(13)28)26(12-15-8-10-17(22)11-9-15)19(29)16-6-4-3-5-7-16/h8-11,16H,3-7,12H2,1-2H3,(H,23,24,25). The zero-order valence-electron chi connectivity index (χ0n) is 16.6. The van der Waals surface area contributed by atoms with Crippen LogP contribution in [0, 0.1) is 25.6 Å². The Morgan fingerprint density at radius 1 is 1.17 bits per heavy atom. The van der Waals surface area contributed by atoms with Gasteiger partial charge in [-0.2, -0.15) is 9.50 Å². The first-order chi connectivity index (χ1) is 13.9. The quantitative estimate of drug-likeness (QED) is 0.732. The molecule has 0 aliphatic heterocycles. The van der Waals surface area contributed by atoms with Gasteiger partial charge in [-0.3, -0.25) is 19.6 Å². The highest BCUT2D eigenvalue weighted by molar-refractivity contribution is 5.93. The van der Waals surface area contributed by atoms with Crippen LogP contribution in [0.3, 0.4) is 0 Å². The van der Waals surface area contributed by atoms with Crippen LogP contribution in [-0.4, -0.2) is 25.5 Å². The van der Waals surface area contributed by atoms with Crippen molar-refractivity contribution in [3.8, 4) is 0 Å². The first-order valence-corrected chi connectivity index (χ1v) is 9.96. The normalized spacial score (nSPS) is 15.0. The fourth-order valence-corrected chi connectivity index (χ4v) is 3.81. The molecule has 0 radical (unpaired) electrons. The molecule has 1 amide bonds. The summed E-state index contributed by atoms with van der Waals surface area (Å²) < 4.78 is 14.6. The molecule has 1 N–H and O–H groups in total. The van der Waals surface area contributed by atoms with Crippen molar-refractivity contribution in [2.24, 2.45) is 5.92 Å². The summed E-state index contributed by atoms with van der Waals surface area (Å²) in [4.78, 5) is 36.3. The van der Waals surface area contributed by atoms with Crippen LogP contribution >= 0.6 is 0 Å². The summed E-state index contributed by atoms with van der Waals surface area (Å²) in [5, 5.41) is 2.95. The number of aryl methyl sites for hydroxylation is 1. The molecule has 8 heteroatoms. The van der Waals surface area contributed by atoms with Crippen LogP contribution in [0.1, 0.15) is 48.9 Å². The van der Waals surface area contributed by atoms with Gasteiger partial charge in [0.05, 0.1) is 6.54 Å². The van der Waals surface area contributed by atoms with Gasteiger partial charge in [-0.1, -0.05) is 31.4 Å². The van der Waals surface area contributed by atoms with Gasteiger partial charge >= 0.3 is 0 Å². The molecule has 0 unspecified atom stereocenters. The molecule has 152 valence electrons. The molecule has 1 aliphatic rings. The van der Waals surface area contributed by atoms with E-state index in [2.05, 4.69) is 15.1 Å². The number of rotatable bonds is 4. The molecule has 1 fully saturated rings. The van der Waals surface area contributed by atoms with Crippen molar-refractivity contribution in [2.45, 2.75) is 52.5 Å². The number of carbonyl (C=O) groups is 1. The van der Waals surface area contributed by atoms with E-state index >= 15 is 0 Å². The van der Waals surface area contributed by atoms with Crippen LogP contribution in [0.5, 0.6) is 0 Å². The molecule has 1 aliphatic carbocycles. The minimum Gasteiger partial charge on any atom is -0.276 e. The predicted octanol–water partition coefficient (Wildman–Crippen LogP) is 3.29. The maximum absolute atomic E-state index is 13.3. The topological polar surface area (TPSA) is 83.4 Å². The monoisotopic (exact) mass is 397 g/mol. The van der Waals surface area contributed by atoms with E-state index in [1.807, 2.05) is 0 Å². The molecule has 0 spiro atoms. The van der Waals surface area contributed by atoms with Crippen molar-refractivity contribution in [1.82, 2.24) is 19.6 Å². The number of benzene rings is 1. The number of nitrogens with zero attached hydrogens (tertiary/aromatic N) is 4. The summed E-state index contributed by atoms with van der Waals surface area (Å²) in [6, 6.07) is 6.04. The van der Waals surface area contributed by atoms with Crippen LogP contribution < -0.4 is 10.5 Å². The first-order valence-electron chi connectivity index (χ1n) is 9.96. The molecule has 1 saturated carbocycles. The number of aromatic nitrogens is 4. The molecule has 0 saturated heterocycles. The van der Waals surface area contributed by atoms with Gasteiger partial charge in [-0.15, -0.1) is 0 Å². The number of anilines is 1. The lowest BCUT2D eigenvalue weighted by Crippen LogP contribution is -2.37. The molecule has 29 heavy (non-hydrogen) atoms. The van der Waals surface area contributed by atoms with Gasteiger partial charge < -0.3 is 0 Å². The van der Waals surface area contributed by atoms with Crippen LogP contribution in [0.25, 0.3) is 5.78 Å². The molecule has 0 atom stereocenters. The highest BCUT2D eigenvalue weighted by atomic mass is 19.1. The number of hydrogen-bond acceptors (Lipinski definition) is 4. The van der Waals surface area contributed by atoms with Gasteiger partial charge in [0.2, 0.25) is 11.9 Å². The fraction of sp³-hybridized carbons (Fsp3) is 0.429. The van der Waals surface area contributed by atoms with Crippen molar-refractivity contribution in [1.29, 1.82) is 0 Å². The van der Waals surface area contributed by atoms with E-state index in [-0.39, 0.29) is 41.5 Å². The minimum absolute atomic E-state index is 0.0328. The van der Waals surface area contributed by atoms with E-state index in [4.69, 9.17) is 0 Å². The summed E-state index contributed by atoms with van der Waals surface area (Å²) in [6.45, 7) is 3.71. The molecule has 4 rings (SSSR count).